The number of aromatic nitrogens is 2. The molecule has 1 aromatic heterocycles. The third-order valence-electron chi connectivity index (χ3n) is 9.45. The van der Waals surface area contributed by atoms with Crippen molar-refractivity contribution in [3.63, 3.8) is 0 Å². The van der Waals surface area contributed by atoms with E-state index < -0.39 is 58.9 Å². The van der Waals surface area contributed by atoms with Crippen LogP contribution in [-0.4, -0.2) is 58.2 Å². The summed E-state index contributed by atoms with van der Waals surface area (Å²) < 4.78 is 53.5. The fourth-order valence-electron chi connectivity index (χ4n) is 7.32. The van der Waals surface area contributed by atoms with E-state index in [2.05, 4.69) is 10.3 Å². The molecular weight excluding hydrogens is 657 g/mol. The summed E-state index contributed by atoms with van der Waals surface area (Å²) in [6, 6.07) is 2.72. The number of hydrogen-bond acceptors (Lipinski definition) is 6. The number of hydrogen-bond donors (Lipinski definition) is 1. The van der Waals surface area contributed by atoms with Crippen molar-refractivity contribution in [3.8, 4) is 11.1 Å². The highest BCUT2D eigenvalue weighted by Gasteiger charge is 2.38. The zero-order valence-electron chi connectivity index (χ0n) is 31.7. The Balaban J connectivity index is 1.80. The molecular formula is C40H53F3N4O4. The number of benzene rings is 2. The van der Waals surface area contributed by atoms with E-state index in [-0.39, 0.29) is 36.0 Å². The Labute approximate surface area is 299 Å². The topological polar surface area (TPSA) is 93.5 Å². The summed E-state index contributed by atoms with van der Waals surface area (Å²) >= 11 is 0. The summed E-state index contributed by atoms with van der Waals surface area (Å²) in [6.07, 6.45) is 1.79. The monoisotopic (exact) mass is 710 g/mol. The lowest BCUT2D eigenvalue weighted by Crippen LogP contribution is -2.57. The molecule has 1 amide bonds. The molecule has 278 valence electrons. The third-order valence-corrected chi connectivity index (χ3v) is 9.45. The van der Waals surface area contributed by atoms with Crippen LogP contribution in [0.5, 0.6) is 0 Å². The Morgan fingerprint density at radius 3 is 2.18 bits per heavy atom. The molecule has 11 heteroatoms. The minimum absolute atomic E-state index is 0.0370. The van der Waals surface area contributed by atoms with Crippen molar-refractivity contribution in [1.82, 2.24) is 19.8 Å². The standard InChI is InChI=1S/C40H53F3N4O4/c1-11-51-32(48)18-30(34-35(41)27(9)17-29(36(34)42)33-25(7)15-24(6)16-26(33)8)44-38(49)31(14-22(2)3)47-19-28(37(23(4)5)45-39(47)50)12-13-46-20-40(10,43)21-46/h15-17,19,22-23,30-31H,11-14,18,20-21H2,1-10H3,(H,44,49)/t30-,31-/m0/s1. The Morgan fingerprint density at radius 2 is 1.63 bits per heavy atom. The summed E-state index contributed by atoms with van der Waals surface area (Å²) in [5.74, 6) is -3.36. The minimum atomic E-state index is -1.45. The van der Waals surface area contributed by atoms with Gasteiger partial charge in [-0.15, -0.1) is 0 Å². The van der Waals surface area contributed by atoms with Gasteiger partial charge in [0.1, 0.15) is 23.3 Å². The highest BCUT2D eigenvalue weighted by Crippen LogP contribution is 2.37. The van der Waals surface area contributed by atoms with Crippen molar-refractivity contribution in [2.75, 3.05) is 26.2 Å². The molecule has 1 aliphatic heterocycles. The number of carbonyl (C=O) groups is 2. The first kappa shape index (κ1) is 39.8. The molecule has 2 heterocycles. The quantitative estimate of drug-likeness (QED) is 0.174. The van der Waals surface area contributed by atoms with E-state index in [0.29, 0.717) is 37.3 Å². The number of amides is 1. The number of nitrogens with zero attached hydrogens (tertiary/aromatic N) is 3. The molecule has 0 bridgehead atoms. The zero-order chi connectivity index (χ0) is 37.9. The number of alkyl halides is 1. The first-order valence-electron chi connectivity index (χ1n) is 17.9. The van der Waals surface area contributed by atoms with Gasteiger partial charge in [0.25, 0.3) is 0 Å². The van der Waals surface area contributed by atoms with Crippen LogP contribution in [0.4, 0.5) is 13.2 Å². The van der Waals surface area contributed by atoms with Gasteiger partial charge in [0.05, 0.1) is 24.8 Å². The molecule has 1 N–H and O–H groups in total. The summed E-state index contributed by atoms with van der Waals surface area (Å²) in [5.41, 5.74) is 2.54. The molecule has 1 aliphatic rings. The summed E-state index contributed by atoms with van der Waals surface area (Å²) in [7, 11) is 0. The normalized spacial score (nSPS) is 15.5. The lowest BCUT2D eigenvalue weighted by molar-refractivity contribution is -0.144. The Morgan fingerprint density at radius 1 is 1.00 bits per heavy atom. The number of nitrogens with one attached hydrogen (secondary N) is 1. The number of carbonyl (C=O) groups excluding carboxylic acids is 2. The molecule has 1 fully saturated rings. The van der Waals surface area contributed by atoms with E-state index in [4.69, 9.17) is 4.74 Å². The fraction of sp³-hybridized carbons (Fsp3) is 0.550. The number of aryl methyl sites for hydroxylation is 4. The van der Waals surface area contributed by atoms with Crippen LogP contribution in [0.2, 0.25) is 0 Å². The zero-order valence-corrected chi connectivity index (χ0v) is 31.7. The van der Waals surface area contributed by atoms with Gasteiger partial charge in [0, 0.05) is 37.0 Å². The second kappa shape index (κ2) is 16.1. The molecule has 8 nitrogen and oxygen atoms in total. The molecule has 3 aromatic rings. The van der Waals surface area contributed by atoms with Crippen LogP contribution < -0.4 is 11.0 Å². The lowest BCUT2D eigenvalue weighted by atomic mass is 9.88. The van der Waals surface area contributed by atoms with E-state index in [1.807, 2.05) is 65.5 Å². The summed E-state index contributed by atoms with van der Waals surface area (Å²) in [4.78, 5) is 47.2. The molecule has 0 radical (unpaired) electrons. The maximum atomic E-state index is 16.8. The number of rotatable bonds is 14. The van der Waals surface area contributed by atoms with Crippen LogP contribution in [0.3, 0.4) is 0 Å². The van der Waals surface area contributed by atoms with Crippen LogP contribution in [0.25, 0.3) is 11.1 Å². The first-order valence-corrected chi connectivity index (χ1v) is 17.9. The molecule has 0 unspecified atom stereocenters. The van der Waals surface area contributed by atoms with Crippen molar-refractivity contribution in [2.24, 2.45) is 5.92 Å². The minimum Gasteiger partial charge on any atom is -0.466 e. The van der Waals surface area contributed by atoms with Gasteiger partial charge in [0.15, 0.2) is 0 Å². The van der Waals surface area contributed by atoms with E-state index in [1.54, 1.807) is 20.0 Å². The number of likely N-dealkylation sites (tertiary alicyclic amines) is 1. The second-order valence-electron chi connectivity index (χ2n) is 15.1. The maximum absolute atomic E-state index is 16.8. The molecule has 0 spiro atoms. The number of esters is 1. The fourth-order valence-corrected chi connectivity index (χ4v) is 7.32. The van der Waals surface area contributed by atoms with Crippen LogP contribution >= 0.6 is 0 Å². The second-order valence-corrected chi connectivity index (χ2v) is 15.1. The van der Waals surface area contributed by atoms with Gasteiger partial charge < -0.3 is 10.1 Å². The summed E-state index contributed by atoms with van der Waals surface area (Å²) in [5, 5.41) is 2.76. The molecule has 2 aromatic carbocycles. The molecule has 2 atom stereocenters. The molecule has 1 saturated heterocycles. The highest BCUT2D eigenvalue weighted by molar-refractivity contribution is 5.82. The van der Waals surface area contributed by atoms with Crippen LogP contribution in [0, 0.1) is 45.2 Å². The third kappa shape index (κ3) is 9.28. The van der Waals surface area contributed by atoms with Crippen molar-refractivity contribution in [1.29, 1.82) is 0 Å². The van der Waals surface area contributed by atoms with Gasteiger partial charge in [-0.25, -0.2) is 18.0 Å². The Hall–Kier alpha value is -3.99. The highest BCUT2D eigenvalue weighted by atomic mass is 19.1. The van der Waals surface area contributed by atoms with Crippen LogP contribution in [0.15, 0.2) is 29.2 Å². The molecule has 0 aliphatic carbocycles. The average molecular weight is 711 g/mol. The van der Waals surface area contributed by atoms with E-state index >= 15 is 8.78 Å². The average Bonchev–Trinajstić information content (AvgIpc) is 3.00. The van der Waals surface area contributed by atoms with E-state index in [9.17, 15) is 18.8 Å². The van der Waals surface area contributed by atoms with Crippen molar-refractivity contribution < 1.29 is 27.5 Å². The Bertz CT molecular complexity index is 1800. The Kier molecular flexibility index (Phi) is 12.6. The molecule has 4 rings (SSSR count). The first-order chi connectivity index (χ1) is 23.8. The van der Waals surface area contributed by atoms with Gasteiger partial charge in [-0.1, -0.05) is 45.4 Å². The van der Waals surface area contributed by atoms with Crippen LogP contribution in [0.1, 0.15) is 111 Å². The van der Waals surface area contributed by atoms with Crippen molar-refractivity contribution in [3.05, 3.63) is 85.6 Å². The molecule has 51 heavy (non-hydrogen) atoms. The predicted octanol–water partition coefficient (Wildman–Crippen LogP) is 7.53. The van der Waals surface area contributed by atoms with Gasteiger partial charge in [-0.05, 0) is 100 Å². The lowest BCUT2D eigenvalue weighted by Gasteiger charge is -2.42. The van der Waals surface area contributed by atoms with Crippen molar-refractivity contribution >= 4 is 11.9 Å². The van der Waals surface area contributed by atoms with Crippen LogP contribution in [-0.2, 0) is 20.7 Å². The maximum Gasteiger partial charge on any atom is 0.348 e. The SMILES string of the molecule is CCOC(=O)C[C@H](NC(=O)[C@H](CC(C)C)n1cc(CCN2CC(C)(F)C2)c(C(C)C)nc1=O)c1c(F)c(C)cc(-c2c(C)cc(C)cc2C)c1F. The molecule has 0 saturated carbocycles. The van der Waals surface area contributed by atoms with Gasteiger partial charge in [0.2, 0.25) is 5.91 Å². The van der Waals surface area contributed by atoms with Gasteiger partial charge in [-0.3, -0.25) is 19.1 Å². The van der Waals surface area contributed by atoms with Gasteiger partial charge in [-0.2, -0.15) is 4.98 Å². The van der Waals surface area contributed by atoms with E-state index in [0.717, 1.165) is 22.3 Å². The smallest absolute Gasteiger partial charge is 0.348 e. The largest absolute Gasteiger partial charge is 0.466 e. The van der Waals surface area contributed by atoms with Crippen molar-refractivity contribution in [2.45, 2.75) is 112 Å². The summed E-state index contributed by atoms with van der Waals surface area (Å²) in [6.45, 7) is 19.2. The number of halogens is 3. The van der Waals surface area contributed by atoms with E-state index in [1.165, 1.54) is 17.6 Å². The predicted molar refractivity (Wildman–Crippen MR) is 194 cm³/mol. The number of ether oxygens (including phenoxy) is 1. The van der Waals surface area contributed by atoms with Gasteiger partial charge >= 0.3 is 11.7 Å².